The van der Waals surface area contributed by atoms with E-state index in [2.05, 4.69) is 27.3 Å². The van der Waals surface area contributed by atoms with Crippen molar-refractivity contribution in [3.05, 3.63) is 77.1 Å². The minimum absolute atomic E-state index is 0.0582. The van der Waals surface area contributed by atoms with Crippen LogP contribution in [-0.2, 0) is 41.6 Å². The third-order valence-corrected chi connectivity index (χ3v) is 10.9. The third-order valence-electron chi connectivity index (χ3n) is 10.9. The van der Waals surface area contributed by atoms with Gasteiger partial charge >= 0.3 is 0 Å². The van der Waals surface area contributed by atoms with Gasteiger partial charge < -0.3 is 45.3 Å². The number of ether oxygens (including phenoxy) is 3. The maximum absolute atomic E-state index is 14.5. The lowest BCUT2D eigenvalue weighted by molar-refractivity contribution is -0.145. The minimum atomic E-state index is -1.35. The van der Waals surface area contributed by atoms with Gasteiger partial charge in [0.25, 0.3) is 0 Å². The first-order chi connectivity index (χ1) is 27.5. The van der Waals surface area contributed by atoms with Crippen molar-refractivity contribution in [3.63, 3.8) is 0 Å². The number of amides is 6. The lowest BCUT2D eigenvalue weighted by atomic mass is 9.83. The number of nitrogens with zero attached hydrogens (tertiary/aromatic N) is 3. The summed E-state index contributed by atoms with van der Waals surface area (Å²) in [5.74, 6) is -2.75. The number of allylic oxidation sites excluding steroid dienone is 3. The van der Waals surface area contributed by atoms with E-state index in [1.807, 2.05) is 19.1 Å². The molecule has 6 rings (SSSR count). The van der Waals surface area contributed by atoms with Crippen LogP contribution in [0.25, 0.3) is 0 Å². The van der Waals surface area contributed by atoms with E-state index in [1.54, 1.807) is 36.4 Å². The lowest BCUT2D eigenvalue weighted by Crippen LogP contribution is -2.61. The number of hydrogen-bond acceptors (Lipinski definition) is 10. The predicted molar refractivity (Wildman–Crippen MR) is 211 cm³/mol. The molecule has 2 aromatic rings. The number of rotatable bonds is 4. The van der Waals surface area contributed by atoms with Crippen LogP contribution in [-0.4, -0.2) is 110 Å². The Kier molecular flexibility index (Phi) is 13.5. The quantitative estimate of drug-likeness (QED) is 0.351. The molecule has 1 fully saturated rings. The monoisotopic (exact) mass is 797 g/mol. The van der Waals surface area contributed by atoms with Gasteiger partial charge in [0.2, 0.25) is 35.4 Å². The van der Waals surface area contributed by atoms with Crippen molar-refractivity contribution >= 4 is 35.4 Å². The predicted octanol–water partition coefficient (Wildman–Crippen LogP) is 1.52. The van der Waals surface area contributed by atoms with Gasteiger partial charge in [-0.1, -0.05) is 25.1 Å². The molecule has 6 amide bonds. The summed E-state index contributed by atoms with van der Waals surface area (Å²) < 4.78 is 17.0. The van der Waals surface area contributed by atoms with E-state index in [0.29, 0.717) is 22.6 Å². The van der Waals surface area contributed by atoms with Crippen molar-refractivity contribution in [1.29, 1.82) is 5.26 Å². The first kappa shape index (κ1) is 42.8. The lowest BCUT2D eigenvalue weighted by Gasteiger charge is -2.35. The van der Waals surface area contributed by atoms with E-state index in [9.17, 15) is 34.0 Å². The maximum atomic E-state index is 14.5. The molecule has 16 nitrogen and oxygen atoms in total. The zero-order valence-electron chi connectivity index (χ0n) is 34.0. The van der Waals surface area contributed by atoms with Gasteiger partial charge in [-0.15, -0.1) is 0 Å². The molecule has 2 aromatic carbocycles. The Bertz CT molecular complexity index is 2040. The second-order valence-electron chi connectivity index (χ2n) is 15.0. The molecule has 8 unspecified atom stereocenters. The average Bonchev–Trinajstić information content (AvgIpc) is 3.20. The molecule has 6 bridgehead atoms. The molecule has 8 atom stereocenters. The van der Waals surface area contributed by atoms with Gasteiger partial charge in [-0.2, -0.15) is 5.26 Å². The number of benzene rings is 2. The van der Waals surface area contributed by atoms with E-state index >= 15 is 0 Å². The van der Waals surface area contributed by atoms with E-state index in [0.717, 1.165) is 0 Å². The van der Waals surface area contributed by atoms with Crippen LogP contribution < -0.4 is 35.5 Å². The largest absolute Gasteiger partial charge is 0.497 e. The Morgan fingerprint density at radius 2 is 1.43 bits per heavy atom. The number of nitriles is 1. The molecule has 308 valence electrons. The molecular weight excluding hydrogens is 747 g/mol. The maximum Gasteiger partial charge on any atom is 0.245 e. The van der Waals surface area contributed by atoms with Crippen molar-refractivity contribution < 1.29 is 43.0 Å². The van der Waals surface area contributed by atoms with Gasteiger partial charge in [0, 0.05) is 33.0 Å². The summed E-state index contributed by atoms with van der Waals surface area (Å²) in [6.45, 7) is 6.31. The molecule has 16 heteroatoms. The molecule has 4 N–H and O–H groups in total. The second kappa shape index (κ2) is 18.3. The molecule has 1 aliphatic carbocycles. The molecule has 0 spiro atoms. The summed E-state index contributed by atoms with van der Waals surface area (Å²) in [6, 6.07) is 5.00. The van der Waals surface area contributed by atoms with E-state index in [4.69, 9.17) is 14.2 Å². The van der Waals surface area contributed by atoms with Crippen LogP contribution in [0.4, 0.5) is 0 Å². The summed E-state index contributed by atoms with van der Waals surface area (Å²) in [5, 5.41) is 20.9. The number of methoxy groups -OCH3 is 2. The second-order valence-corrected chi connectivity index (χ2v) is 15.0. The summed E-state index contributed by atoms with van der Waals surface area (Å²) in [4.78, 5) is 86.7. The van der Waals surface area contributed by atoms with Gasteiger partial charge in [-0.05, 0) is 80.5 Å². The van der Waals surface area contributed by atoms with Gasteiger partial charge in [-0.25, -0.2) is 0 Å². The van der Waals surface area contributed by atoms with Crippen molar-refractivity contribution in [2.24, 2.45) is 11.8 Å². The molecule has 4 aliphatic rings. The summed E-state index contributed by atoms with van der Waals surface area (Å²) in [7, 11) is 5.86. The van der Waals surface area contributed by atoms with E-state index < -0.39 is 71.7 Å². The molecule has 3 aliphatic heterocycles. The van der Waals surface area contributed by atoms with Gasteiger partial charge in [-0.3, -0.25) is 28.8 Å². The average molecular weight is 798 g/mol. The van der Waals surface area contributed by atoms with Crippen LogP contribution in [0.3, 0.4) is 0 Å². The number of carbonyl (C=O) groups excluding carboxylic acids is 6. The zero-order valence-corrected chi connectivity index (χ0v) is 34.0. The van der Waals surface area contributed by atoms with Gasteiger partial charge in [0.15, 0.2) is 11.5 Å². The normalized spacial score (nSPS) is 27.4. The van der Waals surface area contributed by atoms with Crippen LogP contribution in [0.1, 0.15) is 50.8 Å². The first-order valence-electron chi connectivity index (χ1n) is 19.1. The van der Waals surface area contributed by atoms with E-state index in [-0.39, 0.29) is 48.2 Å². The van der Waals surface area contributed by atoms with Gasteiger partial charge in [0.05, 0.1) is 25.9 Å². The topological polar surface area (TPSA) is 208 Å². The molecular formula is C42H51N7O9. The minimum Gasteiger partial charge on any atom is -0.497 e. The van der Waals surface area contributed by atoms with Crippen molar-refractivity contribution in [2.45, 2.75) is 83.2 Å². The molecule has 58 heavy (non-hydrogen) atoms. The van der Waals surface area contributed by atoms with Gasteiger partial charge in [0.1, 0.15) is 47.8 Å². The Morgan fingerprint density at radius 3 is 2.05 bits per heavy atom. The Hall–Kier alpha value is -6.37. The highest BCUT2D eigenvalue weighted by Gasteiger charge is 2.38. The Morgan fingerprint density at radius 1 is 0.793 bits per heavy atom. The third kappa shape index (κ3) is 9.59. The molecule has 0 aromatic heterocycles. The number of fused-ring (bicyclic) bond motifs is 1. The summed E-state index contributed by atoms with van der Waals surface area (Å²) in [6.07, 6.45) is 5.51. The number of hydrogen-bond donors (Lipinski definition) is 4. The highest BCUT2D eigenvalue weighted by atomic mass is 16.5. The number of carbonyl (C=O) groups is 6. The van der Waals surface area contributed by atoms with Crippen LogP contribution in [0.5, 0.6) is 17.2 Å². The smallest absolute Gasteiger partial charge is 0.245 e. The highest BCUT2D eigenvalue weighted by Crippen LogP contribution is 2.36. The number of likely N-dealkylation sites (N-methyl/N-ethyl adjacent to an activating group) is 2. The fourth-order valence-corrected chi connectivity index (χ4v) is 7.29. The van der Waals surface area contributed by atoms with Crippen LogP contribution >= 0.6 is 0 Å². The van der Waals surface area contributed by atoms with Crippen LogP contribution in [0.2, 0.25) is 0 Å². The zero-order chi connectivity index (χ0) is 42.4. The molecule has 1 saturated heterocycles. The van der Waals surface area contributed by atoms with E-state index in [1.165, 1.54) is 65.0 Å². The Balaban J connectivity index is 1.58. The van der Waals surface area contributed by atoms with Crippen molar-refractivity contribution in [3.8, 4) is 23.3 Å². The SMILES string of the molecule is COc1ccc(CC2C(=O)NC(C)C(=O)N(C)C3CC4C=CC(=CC4C)Oc4cc(c(C#N)cc4OC)CC(NC3=O)C(=O)NC(C)C(=O)NC(C)C(=O)N2C)cc1. The van der Waals surface area contributed by atoms with Crippen LogP contribution in [0.15, 0.2) is 60.4 Å². The summed E-state index contributed by atoms with van der Waals surface area (Å²) >= 11 is 0. The molecule has 0 saturated carbocycles. The first-order valence-corrected chi connectivity index (χ1v) is 19.1. The number of nitrogens with one attached hydrogen (secondary N) is 4. The summed E-state index contributed by atoms with van der Waals surface area (Å²) in [5.41, 5.74) is 1.19. The fourth-order valence-electron chi connectivity index (χ4n) is 7.29. The highest BCUT2D eigenvalue weighted by molar-refractivity contribution is 5.98. The fraction of sp³-hybridized carbons (Fsp3) is 0.452. The standard InChI is InChI=1S/C42H51N7O9/c1-22-15-31-14-11-27(22)18-34-40(53)47-32(17-28-19-36(58-31)35(57-8)20-29(28)21-43)38(51)44-23(2)37(50)45-24(3)41(54)48(5)33(16-26-9-12-30(56-7)13-10-26)39(52)46-25(4)42(55)49(34)6/h9-15,19-20,22-25,27,32-34H,16-18H2,1-8H3,(H,44,51)(H,45,50)(H,46,52)(H,47,53). The molecule has 0 radical (unpaired) electrons. The molecule has 3 heterocycles. The van der Waals surface area contributed by atoms with Crippen molar-refractivity contribution in [1.82, 2.24) is 31.1 Å². The Labute approximate surface area is 337 Å². The van der Waals surface area contributed by atoms with Crippen molar-refractivity contribution in [2.75, 3.05) is 28.3 Å². The van der Waals surface area contributed by atoms with Crippen LogP contribution in [0, 0.1) is 23.2 Å².